The van der Waals surface area contributed by atoms with Crippen molar-refractivity contribution in [1.82, 2.24) is 13.6 Å². The van der Waals surface area contributed by atoms with E-state index in [1.54, 1.807) is 0 Å². The second-order valence-electron chi connectivity index (χ2n) is 4.70. The summed E-state index contributed by atoms with van der Waals surface area (Å²) in [7, 11) is -0.802. The fourth-order valence-corrected chi connectivity index (χ4v) is 2.92. The standard InChI is InChI=1S/C11H14F3N3O3S/c1-16(2)21(18,19)17-6-8(7-17)20-10-9(11(12,13)14)4-3-5-15-10/h3-5,8H,6-7H2,1-2H3. The minimum Gasteiger partial charge on any atom is -0.471 e. The molecule has 6 nitrogen and oxygen atoms in total. The highest BCUT2D eigenvalue weighted by Crippen LogP contribution is 2.35. The third-order valence-electron chi connectivity index (χ3n) is 2.96. The van der Waals surface area contributed by atoms with Gasteiger partial charge in [-0.15, -0.1) is 0 Å². The summed E-state index contributed by atoms with van der Waals surface area (Å²) < 4.78 is 69.1. The lowest BCUT2D eigenvalue weighted by molar-refractivity contribution is -0.140. The average molecular weight is 325 g/mol. The van der Waals surface area contributed by atoms with Gasteiger partial charge in [0.1, 0.15) is 11.7 Å². The van der Waals surface area contributed by atoms with E-state index in [2.05, 4.69) is 4.98 Å². The Balaban J connectivity index is 2.04. The van der Waals surface area contributed by atoms with E-state index in [4.69, 9.17) is 4.74 Å². The Morgan fingerprint density at radius 3 is 2.52 bits per heavy atom. The van der Waals surface area contributed by atoms with Crippen LogP contribution in [0.3, 0.4) is 0 Å². The van der Waals surface area contributed by atoms with Gasteiger partial charge in [-0.25, -0.2) is 4.98 Å². The van der Waals surface area contributed by atoms with Gasteiger partial charge in [0.15, 0.2) is 0 Å². The van der Waals surface area contributed by atoms with Crippen molar-refractivity contribution in [2.24, 2.45) is 0 Å². The van der Waals surface area contributed by atoms with Gasteiger partial charge >= 0.3 is 6.18 Å². The summed E-state index contributed by atoms with van der Waals surface area (Å²) in [5, 5.41) is 0. The van der Waals surface area contributed by atoms with Gasteiger partial charge in [-0.05, 0) is 12.1 Å². The van der Waals surface area contributed by atoms with Gasteiger partial charge in [0, 0.05) is 20.3 Å². The van der Waals surface area contributed by atoms with Crippen molar-refractivity contribution < 1.29 is 26.3 Å². The fourth-order valence-electron chi connectivity index (χ4n) is 1.75. The zero-order valence-electron chi connectivity index (χ0n) is 11.3. The number of alkyl halides is 3. The summed E-state index contributed by atoms with van der Waals surface area (Å²) in [4.78, 5) is 3.57. The van der Waals surface area contributed by atoms with E-state index in [9.17, 15) is 21.6 Å². The number of hydrogen-bond acceptors (Lipinski definition) is 4. The van der Waals surface area contributed by atoms with E-state index in [0.717, 1.165) is 14.7 Å². The number of rotatable bonds is 4. The highest BCUT2D eigenvalue weighted by molar-refractivity contribution is 7.86. The predicted octanol–water partition coefficient (Wildman–Crippen LogP) is 0.970. The van der Waals surface area contributed by atoms with Gasteiger partial charge in [-0.1, -0.05) is 0 Å². The quantitative estimate of drug-likeness (QED) is 0.827. The van der Waals surface area contributed by atoms with Crippen molar-refractivity contribution in [3.05, 3.63) is 23.9 Å². The summed E-state index contributed by atoms with van der Waals surface area (Å²) in [6, 6.07) is 2.04. The first-order chi connectivity index (χ1) is 9.62. The molecule has 0 atom stereocenters. The van der Waals surface area contributed by atoms with Gasteiger partial charge in [0.25, 0.3) is 10.2 Å². The Labute approximate surface area is 120 Å². The Kier molecular flexibility index (Phi) is 4.13. The zero-order chi connectivity index (χ0) is 15.8. The van der Waals surface area contributed by atoms with Gasteiger partial charge < -0.3 is 4.74 Å². The molecule has 118 valence electrons. The zero-order valence-corrected chi connectivity index (χ0v) is 12.1. The molecule has 0 amide bonds. The van der Waals surface area contributed by atoms with Crippen LogP contribution in [0.4, 0.5) is 13.2 Å². The molecule has 0 N–H and O–H groups in total. The smallest absolute Gasteiger partial charge is 0.421 e. The molecule has 2 heterocycles. The molecule has 2 rings (SSSR count). The molecule has 0 unspecified atom stereocenters. The summed E-state index contributed by atoms with van der Waals surface area (Å²) >= 11 is 0. The van der Waals surface area contributed by atoms with Crippen LogP contribution in [0.5, 0.6) is 5.88 Å². The van der Waals surface area contributed by atoms with Crippen LogP contribution in [0.2, 0.25) is 0 Å². The molecule has 1 aliphatic rings. The monoisotopic (exact) mass is 325 g/mol. The molecule has 0 aliphatic carbocycles. The van der Waals surface area contributed by atoms with E-state index in [1.165, 1.54) is 26.4 Å². The van der Waals surface area contributed by atoms with Crippen LogP contribution >= 0.6 is 0 Å². The molecular formula is C11H14F3N3O3S. The maximum Gasteiger partial charge on any atom is 0.421 e. The van der Waals surface area contributed by atoms with Gasteiger partial charge in [-0.2, -0.15) is 30.2 Å². The predicted molar refractivity (Wildman–Crippen MR) is 67.8 cm³/mol. The molecule has 0 radical (unpaired) electrons. The van der Waals surface area contributed by atoms with Crippen LogP contribution in [0, 0.1) is 0 Å². The van der Waals surface area contributed by atoms with Crippen molar-refractivity contribution >= 4 is 10.2 Å². The van der Waals surface area contributed by atoms with E-state index in [1.807, 2.05) is 0 Å². The van der Waals surface area contributed by atoms with Gasteiger partial charge in [0.2, 0.25) is 5.88 Å². The van der Waals surface area contributed by atoms with Crippen LogP contribution < -0.4 is 4.74 Å². The lowest BCUT2D eigenvalue weighted by Crippen LogP contribution is -2.58. The number of ether oxygens (including phenoxy) is 1. The second-order valence-corrected chi connectivity index (χ2v) is 6.84. The summed E-state index contributed by atoms with van der Waals surface area (Å²) in [5.41, 5.74) is -0.973. The first-order valence-corrected chi connectivity index (χ1v) is 7.38. The van der Waals surface area contributed by atoms with Crippen molar-refractivity contribution in [1.29, 1.82) is 0 Å². The Morgan fingerprint density at radius 1 is 1.38 bits per heavy atom. The third-order valence-corrected chi connectivity index (χ3v) is 4.83. The highest BCUT2D eigenvalue weighted by atomic mass is 32.2. The number of nitrogens with zero attached hydrogens (tertiary/aromatic N) is 3. The molecule has 1 aromatic heterocycles. The maximum absolute atomic E-state index is 12.8. The van der Waals surface area contributed by atoms with Crippen LogP contribution in [0.1, 0.15) is 5.56 Å². The molecule has 0 spiro atoms. The number of pyridine rings is 1. The lowest BCUT2D eigenvalue weighted by Gasteiger charge is -2.38. The molecule has 0 aromatic carbocycles. The Bertz CT molecular complexity index is 613. The molecule has 21 heavy (non-hydrogen) atoms. The average Bonchev–Trinajstić information content (AvgIpc) is 2.32. The van der Waals surface area contributed by atoms with Gasteiger partial charge in [-0.3, -0.25) is 0 Å². The number of halogens is 3. The van der Waals surface area contributed by atoms with Crippen molar-refractivity contribution in [3.63, 3.8) is 0 Å². The number of hydrogen-bond donors (Lipinski definition) is 0. The highest BCUT2D eigenvalue weighted by Gasteiger charge is 2.41. The molecule has 10 heteroatoms. The normalized spacial score (nSPS) is 17.8. The molecule has 0 saturated carbocycles. The Hall–Kier alpha value is -1.39. The first-order valence-electron chi connectivity index (χ1n) is 5.99. The SMILES string of the molecule is CN(C)S(=O)(=O)N1CC(Oc2ncccc2C(F)(F)F)C1. The topological polar surface area (TPSA) is 62.7 Å². The van der Waals surface area contributed by atoms with E-state index in [0.29, 0.717) is 0 Å². The molecule has 0 bridgehead atoms. The summed E-state index contributed by atoms with van der Waals surface area (Å²) in [5.74, 6) is -0.531. The first kappa shape index (κ1) is 16.0. The van der Waals surface area contributed by atoms with Crippen molar-refractivity contribution in [2.75, 3.05) is 27.2 Å². The number of aromatic nitrogens is 1. The molecular weight excluding hydrogens is 311 g/mol. The maximum atomic E-state index is 12.8. The lowest BCUT2D eigenvalue weighted by atomic mass is 10.2. The van der Waals surface area contributed by atoms with E-state index >= 15 is 0 Å². The second kappa shape index (κ2) is 5.43. The molecule has 1 saturated heterocycles. The van der Waals surface area contributed by atoms with Crippen LogP contribution in [-0.2, 0) is 16.4 Å². The summed E-state index contributed by atoms with van der Waals surface area (Å²) in [6.07, 6.45) is -4.02. The van der Waals surface area contributed by atoms with Crippen LogP contribution in [-0.4, -0.2) is 55.3 Å². The Morgan fingerprint density at radius 2 is 2.00 bits per heavy atom. The van der Waals surface area contributed by atoms with Crippen LogP contribution in [0.15, 0.2) is 18.3 Å². The molecule has 1 aliphatic heterocycles. The molecule has 1 aromatic rings. The minimum atomic E-state index is -4.57. The van der Waals surface area contributed by atoms with E-state index < -0.39 is 33.9 Å². The summed E-state index contributed by atoms with van der Waals surface area (Å²) in [6.45, 7) is -0.0111. The largest absolute Gasteiger partial charge is 0.471 e. The van der Waals surface area contributed by atoms with Crippen molar-refractivity contribution in [2.45, 2.75) is 12.3 Å². The van der Waals surface area contributed by atoms with E-state index in [-0.39, 0.29) is 13.1 Å². The fraction of sp³-hybridized carbons (Fsp3) is 0.545. The minimum absolute atomic E-state index is 0.00557. The third kappa shape index (κ3) is 3.27. The van der Waals surface area contributed by atoms with Gasteiger partial charge in [0.05, 0.1) is 13.1 Å². The molecule has 1 fully saturated rings. The van der Waals surface area contributed by atoms with Crippen LogP contribution in [0.25, 0.3) is 0 Å². The van der Waals surface area contributed by atoms with Crippen molar-refractivity contribution in [3.8, 4) is 5.88 Å².